The summed E-state index contributed by atoms with van der Waals surface area (Å²) in [5.41, 5.74) is 3.05. The third-order valence-corrected chi connectivity index (χ3v) is 5.21. The van der Waals surface area contributed by atoms with Gasteiger partial charge in [0.2, 0.25) is 5.95 Å². The van der Waals surface area contributed by atoms with E-state index in [-0.39, 0.29) is 5.91 Å². The van der Waals surface area contributed by atoms with Crippen LogP contribution in [0, 0.1) is 6.92 Å². The van der Waals surface area contributed by atoms with E-state index in [1.54, 1.807) is 12.1 Å². The van der Waals surface area contributed by atoms with Gasteiger partial charge in [-0.1, -0.05) is 15.9 Å². The Labute approximate surface area is 183 Å². The molecule has 3 aromatic rings. The van der Waals surface area contributed by atoms with Crippen LogP contribution < -0.4 is 15.5 Å². The number of carbonyl (C=O) groups excluding carboxylic acids is 1. The molecule has 0 radical (unpaired) electrons. The Morgan fingerprint density at radius 3 is 2.37 bits per heavy atom. The lowest BCUT2D eigenvalue weighted by Crippen LogP contribution is -2.36. The summed E-state index contributed by atoms with van der Waals surface area (Å²) in [5.74, 6) is 1.29. The van der Waals surface area contributed by atoms with E-state index in [1.165, 1.54) is 0 Å². The summed E-state index contributed by atoms with van der Waals surface area (Å²) in [7, 11) is 0. The molecule has 1 aliphatic rings. The zero-order valence-electron chi connectivity index (χ0n) is 16.6. The number of nitrogens with one attached hydrogen (secondary N) is 2. The van der Waals surface area contributed by atoms with Crippen molar-refractivity contribution in [1.29, 1.82) is 0 Å². The minimum atomic E-state index is -0.152. The van der Waals surface area contributed by atoms with E-state index < -0.39 is 0 Å². The Morgan fingerprint density at radius 2 is 1.67 bits per heavy atom. The molecule has 0 saturated carbocycles. The summed E-state index contributed by atoms with van der Waals surface area (Å²) < 4.78 is 6.35. The molecular weight excluding hydrogens is 446 g/mol. The molecule has 0 bridgehead atoms. The number of halogens is 1. The molecule has 0 atom stereocenters. The number of ether oxygens (including phenoxy) is 1. The number of hydrogen-bond acceptors (Lipinski definition) is 6. The largest absolute Gasteiger partial charge is 0.378 e. The molecule has 8 heteroatoms. The number of nitrogens with zero attached hydrogens (tertiary/aromatic N) is 3. The van der Waals surface area contributed by atoms with Crippen LogP contribution in [0.1, 0.15) is 16.1 Å². The number of carbonyl (C=O) groups is 1. The quantitative estimate of drug-likeness (QED) is 0.579. The van der Waals surface area contributed by atoms with Gasteiger partial charge in [-0.3, -0.25) is 4.79 Å². The molecule has 1 aliphatic heterocycles. The number of benzene rings is 2. The third-order valence-electron chi connectivity index (χ3n) is 4.68. The van der Waals surface area contributed by atoms with Crippen molar-refractivity contribution in [3.63, 3.8) is 0 Å². The van der Waals surface area contributed by atoms with E-state index in [0.29, 0.717) is 30.4 Å². The first kappa shape index (κ1) is 20.3. The lowest BCUT2D eigenvalue weighted by atomic mass is 10.2. The molecule has 1 fully saturated rings. The fourth-order valence-corrected chi connectivity index (χ4v) is 3.40. The predicted molar refractivity (Wildman–Crippen MR) is 122 cm³/mol. The Kier molecular flexibility index (Phi) is 6.25. The molecule has 0 unspecified atom stereocenters. The van der Waals surface area contributed by atoms with E-state index >= 15 is 0 Å². The standard InChI is InChI=1S/C22H22BrN5O2/c1-15-14-20(28-10-12-30-13-11-28)27-22(24-15)26-19-8-6-18(7-9-19)25-21(29)16-2-4-17(23)5-3-16/h2-9,14H,10-13H2,1H3,(H,25,29)(H,24,26,27). The predicted octanol–water partition coefficient (Wildman–Crippen LogP) is 4.38. The number of morpholine rings is 1. The first-order chi connectivity index (χ1) is 14.6. The van der Waals surface area contributed by atoms with Crippen molar-refractivity contribution < 1.29 is 9.53 Å². The summed E-state index contributed by atoms with van der Waals surface area (Å²) in [5, 5.41) is 6.14. The van der Waals surface area contributed by atoms with Crippen molar-refractivity contribution in [1.82, 2.24) is 9.97 Å². The van der Waals surface area contributed by atoms with Crippen LogP contribution in [-0.4, -0.2) is 42.2 Å². The van der Waals surface area contributed by atoms with E-state index in [4.69, 9.17) is 4.74 Å². The van der Waals surface area contributed by atoms with E-state index in [9.17, 15) is 4.79 Å². The van der Waals surface area contributed by atoms with Crippen LogP contribution in [-0.2, 0) is 4.74 Å². The molecule has 2 heterocycles. The molecule has 1 aromatic heterocycles. The van der Waals surface area contributed by atoms with Gasteiger partial charge in [0.05, 0.1) is 13.2 Å². The maximum Gasteiger partial charge on any atom is 0.255 e. The van der Waals surface area contributed by atoms with Gasteiger partial charge in [-0.25, -0.2) is 4.98 Å². The summed E-state index contributed by atoms with van der Waals surface area (Å²) in [6.45, 7) is 5.02. The average Bonchev–Trinajstić information content (AvgIpc) is 2.76. The number of hydrogen-bond donors (Lipinski definition) is 2. The Morgan fingerprint density at radius 1 is 1.00 bits per heavy atom. The summed E-state index contributed by atoms with van der Waals surface area (Å²) in [4.78, 5) is 23.7. The SMILES string of the molecule is Cc1cc(N2CCOCC2)nc(Nc2ccc(NC(=O)c3ccc(Br)cc3)cc2)n1. The lowest BCUT2D eigenvalue weighted by molar-refractivity contribution is 0.102. The molecule has 1 saturated heterocycles. The molecule has 0 aliphatic carbocycles. The monoisotopic (exact) mass is 467 g/mol. The van der Waals surface area contributed by atoms with Crippen LogP contribution in [0.3, 0.4) is 0 Å². The summed E-state index contributed by atoms with van der Waals surface area (Å²) in [6.07, 6.45) is 0. The van der Waals surface area contributed by atoms with Crippen molar-refractivity contribution >= 4 is 45.0 Å². The first-order valence-electron chi connectivity index (χ1n) is 9.69. The van der Waals surface area contributed by atoms with Gasteiger partial charge < -0.3 is 20.3 Å². The van der Waals surface area contributed by atoms with Crippen LogP contribution in [0.2, 0.25) is 0 Å². The summed E-state index contributed by atoms with van der Waals surface area (Å²) >= 11 is 3.37. The van der Waals surface area contributed by atoms with Crippen molar-refractivity contribution in [2.45, 2.75) is 6.92 Å². The van der Waals surface area contributed by atoms with Gasteiger partial charge in [0.15, 0.2) is 0 Å². The second kappa shape index (κ2) is 9.23. The second-order valence-electron chi connectivity index (χ2n) is 6.95. The molecule has 154 valence electrons. The highest BCUT2D eigenvalue weighted by molar-refractivity contribution is 9.10. The second-order valence-corrected chi connectivity index (χ2v) is 7.87. The van der Waals surface area contributed by atoms with Crippen LogP contribution in [0.5, 0.6) is 0 Å². The molecule has 4 rings (SSSR count). The maximum atomic E-state index is 12.4. The number of amides is 1. The van der Waals surface area contributed by atoms with E-state index in [2.05, 4.69) is 41.4 Å². The van der Waals surface area contributed by atoms with Gasteiger partial charge in [-0.05, 0) is 55.5 Å². The molecule has 2 aromatic carbocycles. The molecule has 7 nitrogen and oxygen atoms in total. The molecule has 30 heavy (non-hydrogen) atoms. The highest BCUT2D eigenvalue weighted by atomic mass is 79.9. The number of aryl methyl sites for hydroxylation is 1. The fraction of sp³-hybridized carbons (Fsp3) is 0.227. The van der Waals surface area contributed by atoms with Crippen molar-refractivity contribution in [2.75, 3.05) is 41.8 Å². The zero-order valence-corrected chi connectivity index (χ0v) is 18.1. The molecule has 2 N–H and O–H groups in total. The average molecular weight is 468 g/mol. The van der Waals surface area contributed by atoms with Gasteiger partial charge >= 0.3 is 0 Å². The number of aromatic nitrogens is 2. The molecule has 0 spiro atoms. The lowest BCUT2D eigenvalue weighted by Gasteiger charge is -2.28. The van der Waals surface area contributed by atoms with Crippen LogP contribution in [0.4, 0.5) is 23.1 Å². The van der Waals surface area contributed by atoms with Crippen LogP contribution in [0.25, 0.3) is 0 Å². The van der Waals surface area contributed by atoms with Gasteiger partial charge in [0, 0.05) is 46.3 Å². The van der Waals surface area contributed by atoms with E-state index in [0.717, 1.165) is 34.8 Å². The van der Waals surface area contributed by atoms with Crippen LogP contribution >= 0.6 is 15.9 Å². The van der Waals surface area contributed by atoms with Gasteiger partial charge in [0.1, 0.15) is 5.82 Å². The Bertz CT molecular complexity index is 1020. The van der Waals surface area contributed by atoms with Crippen molar-refractivity contribution in [2.24, 2.45) is 0 Å². The van der Waals surface area contributed by atoms with Crippen molar-refractivity contribution in [3.8, 4) is 0 Å². The smallest absolute Gasteiger partial charge is 0.255 e. The highest BCUT2D eigenvalue weighted by Crippen LogP contribution is 2.21. The van der Waals surface area contributed by atoms with Crippen molar-refractivity contribution in [3.05, 3.63) is 70.3 Å². The molecule has 1 amide bonds. The highest BCUT2D eigenvalue weighted by Gasteiger charge is 2.14. The number of anilines is 4. The Hall–Kier alpha value is -2.97. The first-order valence-corrected chi connectivity index (χ1v) is 10.5. The van der Waals surface area contributed by atoms with Gasteiger partial charge in [0.25, 0.3) is 5.91 Å². The van der Waals surface area contributed by atoms with Gasteiger partial charge in [-0.2, -0.15) is 4.98 Å². The fourth-order valence-electron chi connectivity index (χ4n) is 3.13. The maximum absolute atomic E-state index is 12.4. The number of rotatable bonds is 5. The third kappa shape index (κ3) is 5.14. The Balaban J connectivity index is 1.42. The molecular formula is C22H22BrN5O2. The van der Waals surface area contributed by atoms with Gasteiger partial charge in [-0.15, -0.1) is 0 Å². The van der Waals surface area contributed by atoms with E-state index in [1.807, 2.05) is 49.4 Å². The minimum absolute atomic E-state index is 0.152. The zero-order chi connectivity index (χ0) is 20.9. The minimum Gasteiger partial charge on any atom is -0.378 e. The topological polar surface area (TPSA) is 79.4 Å². The summed E-state index contributed by atoms with van der Waals surface area (Å²) in [6, 6.07) is 16.7. The van der Waals surface area contributed by atoms with Crippen LogP contribution in [0.15, 0.2) is 59.1 Å². The normalized spacial score (nSPS) is 13.7.